The van der Waals surface area contributed by atoms with Crippen molar-refractivity contribution in [1.29, 1.82) is 0 Å². The maximum Gasteiger partial charge on any atom is 0.327 e. The molecule has 5 nitrogen and oxygen atoms in total. The van der Waals surface area contributed by atoms with Gasteiger partial charge in [0.05, 0.1) is 13.2 Å². The van der Waals surface area contributed by atoms with E-state index in [4.69, 9.17) is 4.74 Å². The molecule has 156 valence electrons. The first kappa shape index (κ1) is 21.3. The number of carbonyl (C=O) groups is 1. The highest BCUT2D eigenvalue weighted by molar-refractivity contribution is 5.78. The first-order chi connectivity index (χ1) is 13.6. The Hall–Kier alpha value is -1.43. The Morgan fingerprint density at radius 3 is 2.07 bits per heavy atom. The Bertz CT molecular complexity index is 579. The van der Waals surface area contributed by atoms with Crippen molar-refractivity contribution in [2.24, 2.45) is 0 Å². The van der Waals surface area contributed by atoms with E-state index >= 15 is 0 Å². The summed E-state index contributed by atoms with van der Waals surface area (Å²) in [6.45, 7) is 2.34. The molecule has 3 rings (SSSR count). The van der Waals surface area contributed by atoms with Gasteiger partial charge in [0.15, 0.2) is 5.54 Å². The van der Waals surface area contributed by atoms with Crippen LogP contribution in [-0.2, 0) is 16.1 Å². The van der Waals surface area contributed by atoms with Crippen LogP contribution in [0.4, 0.5) is 0 Å². The lowest BCUT2D eigenvalue weighted by Gasteiger charge is -2.45. The lowest BCUT2D eigenvalue weighted by molar-refractivity contribution is -0.153. The second-order valence-electron chi connectivity index (χ2n) is 8.72. The number of hydrogen-bond donors (Lipinski definition) is 2. The second kappa shape index (κ2) is 10.4. The van der Waals surface area contributed by atoms with Crippen LogP contribution in [0.3, 0.4) is 0 Å². The van der Waals surface area contributed by atoms with Gasteiger partial charge in [-0.3, -0.25) is 4.79 Å². The molecule has 2 aliphatic rings. The van der Waals surface area contributed by atoms with Gasteiger partial charge in [0, 0.05) is 12.1 Å². The molecular formula is C23H36N2O3. The topological polar surface area (TPSA) is 61.8 Å². The SMILES string of the molecule is C[C@@](COCc1ccccc1)(NN(C1CCCCC1)C1CCCCC1)C(=O)O. The van der Waals surface area contributed by atoms with Gasteiger partial charge in [0.25, 0.3) is 0 Å². The second-order valence-corrected chi connectivity index (χ2v) is 8.72. The molecule has 5 heteroatoms. The van der Waals surface area contributed by atoms with E-state index in [0.29, 0.717) is 18.7 Å². The normalized spacial score (nSPS) is 21.5. The van der Waals surface area contributed by atoms with Gasteiger partial charge in [0.2, 0.25) is 0 Å². The van der Waals surface area contributed by atoms with Gasteiger partial charge in [0.1, 0.15) is 0 Å². The van der Waals surface area contributed by atoms with Crippen LogP contribution < -0.4 is 5.43 Å². The van der Waals surface area contributed by atoms with Crippen molar-refractivity contribution in [3.63, 3.8) is 0 Å². The van der Waals surface area contributed by atoms with Crippen molar-refractivity contribution >= 4 is 5.97 Å². The van der Waals surface area contributed by atoms with Crippen LogP contribution in [0.1, 0.15) is 76.7 Å². The van der Waals surface area contributed by atoms with Crippen LogP contribution in [0, 0.1) is 0 Å². The number of nitrogens with one attached hydrogen (secondary N) is 1. The highest BCUT2D eigenvalue weighted by atomic mass is 16.5. The summed E-state index contributed by atoms with van der Waals surface area (Å²) in [5.74, 6) is -0.850. The summed E-state index contributed by atoms with van der Waals surface area (Å²) in [6.07, 6.45) is 12.2. The molecule has 2 fully saturated rings. The van der Waals surface area contributed by atoms with E-state index in [1.165, 1.54) is 38.5 Å². The maximum absolute atomic E-state index is 12.2. The molecule has 0 radical (unpaired) electrons. The third-order valence-electron chi connectivity index (χ3n) is 6.29. The molecule has 0 heterocycles. The lowest BCUT2D eigenvalue weighted by atomic mass is 9.89. The molecule has 0 aliphatic heterocycles. The number of benzene rings is 1. The van der Waals surface area contributed by atoms with Gasteiger partial charge < -0.3 is 9.84 Å². The Morgan fingerprint density at radius 2 is 1.57 bits per heavy atom. The van der Waals surface area contributed by atoms with E-state index in [9.17, 15) is 9.90 Å². The lowest BCUT2D eigenvalue weighted by Crippen LogP contribution is -2.65. The molecular weight excluding hydrogens is 352 g/mol. The van der Waals surface area contributed by atoms with Crippen molar-refractivity contribution in [2.75, 3.05) is 6.61 Å². The molecule has 2 saturated carbocycles. The number of aliphatic carboxylic acids is 1. The molecule has 0 spiro atoms. The van der Waals surface area contributed by atoms with Gasteiger partial charge in [-0.15, -0.1) is 0 Å². The predicted octanol–water partition coefficient (Wildman–Crippen LogP) is 4.52. The molecule has 1 aromatic rings. The summed E-state index contributed by atoms with van der Waals surface area (Å²) in [7, 11) is 0. The Balaban J connectivity index is 1.67. The monoisotopic (exact) mass is 388 g/mol. The highest BCUT2D eigenvalue weighted by Gasteiger charge is 2.39. The molecule has 0 amide bonds. The smallest absolute Gasteiger partial charge is 0.327 e. The summed E-state index contributed by atoms with van der Waals surface area (Å²) < 4.78 is 5.85. The third-order valence-corrected chi connectivity index (χ3v) is 6.29. The van der Waals surface area contributed by atoms with E-state index in [0.717, 1.165) is 31.2 Å². The predicted molar refractivity (Wildman–Crippen MR) is 111 cm³/mol. The molecule has 0 saturated heterocycles. The number of nitrogens with zero attached hydrogens (tertiary/aromatic N) is 1. The minimum absolute atomic E-state index is 0.146. The van der Waals surface area contributed by atoms with Crippen LogP contribution in [-0.4, -0.2) is 40.3 Å². The van der Waals surface area contributed by atoms with E-state index < -0.39 is 11.5 Å². The van der Waals surface area contributed by atoms with E-state index in [-0.39, 0.29) is 6.61 Å². The van der Waals surface area contributed by atoms with E-state index in [1.807, 2.05) is 30.3 Å². The van der Waals surface area contributed by atoms with E-state index in [1.54, 1.807) is 6.92 Å². The Kier molecular flexibility index (Phi) is 7.89. The fourth-order valence-corrected chi connectivity index (χ4v) is 4.57. The molecule has 0 aromatic heterocycles. The first-order valence-corrected chi connectivity index (χ1v) is 11.0. The van der Waals surface area contributed by atoms with Crippen molar-refractivity contribution in [2.45, 2.75) is 95.4 Å². The average molecular weight is 389 g/mol. The highest BCUT2D eigenvalue weighted by Crippen LogP contribution is 2.30. The van der Waals surface area contributed by atoms with E-state index in [2.05, 4.69) is 10.4 Å². The zero-order chi connectivity index (χ0) is 19.8. The quantitative estimate of drug-likeness (QED) is 0.609. The Morgan fingerprint density at radius 1 is 1.04 bits per heavy atom. The van der Waals surface area contributed by atoms with Gasteiger partial charge in [-0.05, 0) is 38.2 Å². The van der Waals surface area contributed by atoms with Crippen molar-refractivity contribution in [3.8, 4) is 0 Å². The molecule has 2 aliphatic carbocycles. The van der Waals surface area contributed by atoms with Crippen molar-refractivity contribution < 1.29 is 14.6 Å². The average Bonchev–Trinajstić information content (AvgIpc) is 2.74. The first-order valence-electron chi connectivity index (χ1n) is 11.0. The van der Waals surface area contributed by atoms with Crippen molar-refractivity contribution in [3.05, 3.63) is 35.9 Å². The van der Waals surface area contributed by atoms with Gasteiger partial charge in [-0.25, -0.2) is 10.4 Å². The molecule has 0 bridgehead atoms. The zero-order valence-corrected chi connectivity index (χ0v) is 17.2. The molecule has 28 heavy (non-hydrogen) atoms. The minimum Gasteiger partial charge on any atom is -0.480 e. The number of ether oxygens (including phenoxy) is 1. The Labute approximate surface area is 169 Å². The summed E-state index contributed by atoms with van der Waals surface area (Å²) in [5, 5.41) is 12.3. The van der Waals surface area contributed by atoms with Crippen molar-refractivity contribution in [1.82, 2.24) is 10.4 Å². The third kappa shape index (κ3) is 5.79. The van der Waals surface area contributed by atoms with Gasteiger partial charge in [-0.2, -0.15) is 0 Å². The molecule has 1 atom stereocenters. The number of rotatable bonds is 9. The van der Waals surface area contributed by atoms with Crippen LogP contribution in [0.5, 0.6) is 0 Å². The molecule has 0 unspecified atom stereocenters. The zero-order valence-electron chi connectivity index (χ0n) is 17.2. The standard InChI is InChI=1S/C23H36N2O3/c1-23(22(26)27,18-28-17-19-11-5-2-6-12-19)24-25(20-13-7-3-8-14-20)21-15-9-4-10-16-21/h2,5-6,11-12,20-21,24H,3-4,7-10,13-18H2,1H3,(H,26,27)/t23-/m0/s1. The largest absolute Gasteiger partial charge is 0.480 e. The fourth-order valence-electron chi connectivity index (χ4n) is 4.57. The van der Waals surface area contributed by atoms with Gasteiger partial charge >= 0.3 is 5.97 Å². The summed E-state index contributed by atoms with van der Waals surface area (Å²) in [4.78, 5) is 12.2. The number of hydrazine groups is 1. The minimum atomic E-state index is -1.12. The maximum atomic E-state index is 12.2. The number of carboxylic acid groups (broad SMARTS) is 1. The van der Waals surface area contributed by atoms with Crippen LogP contribution in [0.2, 0.25) is 0 Å². The molecule has 2 N–H and O–H groups in total. The number of carboxylic acids is 1. The summed E-state index contributed by atoms with van der Waals surface area (Å²) >= 11 is 0. The molecule has 1 aromatic carbocycles. The van der Waals surface area contributed by atoms with Crippen LogP contribution in [0.25, 0.3) is 0 Å². The van der Waals surface area contributed by atoms with Crippen LogP contribution in [0.15, 0.2) is 30.3 Å². The summed E-state index contributed by atoms with van der Waals surface area (Å²) in [6, 6.07) is 10.8. The number of hydrogen-bond acceptors (Lipinski definition) is 4. The summed E-state index contributed by atoms with van der Waals surface area (Å²) in [5.41, 5.74) is 3.40. The fraction of sp³-hybridized carbons (Fsp3) is 0.696. The van der Waals surface area contributed by atoms with Crippen LogP contribution >= 0.6 is 0 Å². The van der Waals surface area contributed by atoms with Gasteiger partial charge in [-0.1, -0.05) is 68.9 Å².